The van der Waals surface area contributed by atoms with Crippen molar-refractivity contribution >= 4 is 40.9 Å². The molecule has 0 saturated carbocycles. The van der Waals surface area contributed by atoms with Crippen LogP contribution in [0.1, 0.15) is 41.0 Å². The Kier molecular flexibility index (Phi) is 10.1. The summed E-state index contributed by atoms with van der Waals surface area (Å²) in [6, 6.07) is 16.3. The van der Waals surface area contributed by atoms with Gasteiger partial charge in [-0.15, -0.1) is 0 Å². The van der Waals surface area contributed by atoms with Crippen molar-refractivity contribution in [1.82, 2.24) is 19.8 Å². The highest BCUT2D eigenvalue weighted by Gasteiger charge is 2.30. The number of carbonyl (C=O) groups is 1. The molecule has 0 radical (unpaired) electrons. The van der Waals surface area contributed by atoms with Gasteiger partial charge in [0.2, 0.25) is 0 Å². The first-order chi connectivity index (χ1) is 20.6. The Morgan fingerprint density at radius 2 is 1.77 bits per heavy atom. The average Bonchev–Trinajstić information content (AvgIpc) is 3.44. The number of rotatable bonds is 10. The van der Waals surface area contributed by atoms with Gasteiger partial charge in [0.15, 0.2) is 5.16 Å². The lowest BCUT2D eigenvalue weighted by Gasteiger charge is -2.28. The molecule has 6 nitrogen and oxygen atoms in total. The highest BCUT2D eigenvalue weighted by molar-refractivity contribution is 7.98. The van der Waals surface area contributed by atoms with Crippen LogP contribution in [0.4, 0.5) is 8.78 Å². The van der Waals surface area contributed by atoms with E-state index < -0.39 is 17.1 Å². The van der Waals surface area contributed by atoms with Crippen molar-refractivity contribution in [2.24, 2.45) is 0 Å². The van der Waals surface area contributed by atoms with E-state index in [2.05, 4.69) is 24.1 Å². The van der Waals surface area contributed by atoms with E-state index in [1.165, 1.54) is 30.0 Å². The highest BCUT2D eigenvalue weighted by atomic mass is 35.5. The molecule has 0 unspecified atom stereocenters. The number of carbonyl (C=O) groups excluding carboxylic acids is 1. The van der Waals surface area contributed by atoms with E-state index in [1.54, 1.807) is 36.5 Å². The van der Waals surface area contributed by atoms with Crippen LogP contribution < -0.4 is 5.32 Å². The topological polar surface area (TPSA) is 59.4 Å². The van der Waals surface area contributed by atoms with Gasteiger partial charge in [-0.1, -0.05) is 60.9 Å². The summed E-state index contributed by atoms with van der Waals surface area (Å²) >= 11 is 14.0. The van der Waals surface area contributed by atoms with Gasteiger partial charge >= 0.3 is 0 Å². The first-order valence-corrected chi connectivity index (χ1v) is 15.7. The Labute approximate surface area is 264 Å². The zero-order valence-corrected chi connectivity index (χ0v) is 26.2. The van der Waals surface area contributed by atoms with Gasteiger partial charge in [-0.25, -0.2) is 13.8 Å². The van der Waals surface area contributed by atoms with Crippen LogP contribution in [0.3, 0.4) is 0 Å². The standard InChI is InChI=1S/C32H32Cl2F2N4O2S/c1-32(2,22-4-9-26(33)27(34)18-22)29-19-38-31(40(29)24-7-5-23(35)6-8-24)43-20-21-3-10-28(36)25(17-21)30(41)37-11-12-39-13-15-42-16-14-39/h3-10,17-19H,11-16,20H2,1-2H3,(H,37,41). The van der Waals surface area contributed by atoms with Crippen molar-refractivity contribution in [3.8, 4) is 5.69 Å². The fourth-order valence-corrected chi connectivity index (χ4v) is 6.22. The molecule has 43 heavy (non-hydrogen) atoms. The van der Waals surface area contributed by atoms with Crippen molar-refractivity contribution in [1.29, 1.82) is 0 Å². The monoisotopic (exact) mass is 644 g/mol. The number of morpholine rings is 1. The van der Waals surface area contributed by atoms with E-state index in [0.29, 0.717) is 47.3 Å². The minimum atomic E-state index is -0.573. The highest BCUT2D eigenvalue weighted by Crippen LogP contribution is 2.38. The third kappa shape index (κ3) is 7.41. The number of nitrogens with one attached hydrogen (secondary N) is 1. The zero-order chi connectivity index (χ0) is 30.6. The number of halogens is 4. The molecule has 226 valence electrons. The summed E-state index contributed by atoms with van der Waals surface area (Å²) in [5, 5.41) is 4.41. The SMILES string of the molecule is CC(C)(c1ccc(Cl)c(Cl)c1)c1cnc(SCc2ccc(F)c(C(=O)NCCN3CCOCC3)c2)n1-c1ccc(F)cc1. The number of amides is 1. The molecule has 1 saturated heterocycles. The molecule has 5 rings (SSSR count). The van der Waals surface area contributed by atoms with Gasteiger partial charge in [0, 0.05) is 43.0 Å². The summed E-state index contributed by atoms with van der Waals surface area (Å²) in [6.07, 6.45) is 1.80. The molecule has 4 aromatic rings. The van der Waals surface area contributed by atoms with E-state index in [9.17, 15) is 13.6 Å². The van der Waals surface area contributed by atoms with Crippen LogP contribution in [-0.4, -0.2) is 59.8 Å². The molecule has 11 heteroatoms. The Balaban J connectivity index is 1.37. The van der Waals surface area contributed by atoms with Gasteiger partial charge in [0.25, 0.3) is 5.91 Å². The second kappa shape index (κ2) is 13.8. The number of hydrogen-bond donors (Lipinski definition) is 1. The van der Waals surface area contributed by atoms with E-state index in [4.69, 9.17) is 32.9 Å². The molecule has 0 bridgehead atoms. The third-order valence-corrected chi connectivity index (χ3v) is 9.32. The van der Waals surface area contributed by atoms with Crippen molar-refractivity contribution in [2.75, 3.05) is 39.4 Å². The second-order valence-electron chi connectivity index (χ2n) is 10.8. The van der Waals surface area contributed by atoms with Gasteiger partial charge in [0.1, 0.15) is 11.6 Å². The van der Waals surface area contributed by atoms with Crippen LogP contribution in [0.15, 0.2) is 72.0 Å². The lowest BCUT2D eigenvalue weighted by molar-refractivity contribution is 0.0383. The van der Waals surface area contributed by atoms with Gasteiger partial charge in [-0.05, 0) is 59.7 Å². The molecule has 0 aliphatic carbocycles. The van der Waals surface area contributed by atoms with Crippen molar-refractivity contribution < 1.29 is 18.3 Å². The number of imidazole rings is 1. The van der Waals surface area contributed by atoms with Crippen LogP contribution in [0.2, 0.25) is 10.0 Å². The predicted molar refractivity (Wildman–Crippen MR) is 168 cm³/mol. The Hall–Kier alpha value is -2.95. The van der Waals surface area contributed by atoms with Crippen LogP contribution >= 0.6 is 35.0 Å². The first kappa shape index (κ1) is 31.5. The molecule has 1 N–H and O–H groups in total. The maximum atomic E-state index is 14.7. The molecular weight excluding hydrogens is 613 g/mol. The minimum Gasteiger partial charge on any atom is -0.379 e. The fraction of sp³-hybridized carbons (Fsp3) is 0.312. The average molecular weight is 646 g/mol. The van der Waals surface area contributed by atoms with Crippen molar-refractivity contribution in [3.05, 3.63) is 111 Å². The first-order valence-electron chi connectivity index (χ1n) is 13.9. The van der Waals surface area contributed by atoms with Crippen LogP contribution in [-0.2, 0) is 15.9 Å². The molecule has 1 aliphatic rings. The minimum absolute atomic E-state index is 0.00314. The number of nitrogens with zero attached hydrogens (tertiary/aromatic N) is 3. The lowest BCUT2D eigenvalue weighted by atomic mass is 9.81. The van der Waals surface area contributed by atoms with E-state index in [1.807, 2.05) is 16.7 Å². The number of ether oxygens (including phenoxy) is 1. The zero-order valence-electron chi connectivity index (χ0n) is 23.9. The molecule has 3 aromatic carbocycles. The van der Waals surface area contributed by atoms with Gasteiger partial charge in [-0.2, -0.15) is 0 Å². The van der Waals surface area contributed by atoms with Gasteiger partial charge in [0.05, 0.1) is 40.7 Å². The molecule has 1 aliphatic heterocycles. The van der Waals surface area contributed by atoms with E-state index in [0.717, 1.165) is 35.6 Å². The van der Waals surface area contributed by atoms with Gasteiger partial charge < -0.3 is 10.1 Å². The van der Waals surface area contributed by atoms with Crippen LogP contribution in [0.25, 0.3) is 5.69 Å². The summed E-state index contributed by atoms with van der Waals surface area (Å²) in [5.41, 5.74) is 2.76. The molecule has 1 amide bonds. The normalized spacial score (nSPS) is 14.2. The molecule has 0 spiro atoms. The molecule has 1 aromatic heterocycles. The van der Waals surface area contributed by atoms with Crippen LogP contribution in [0.5, 0.6) is 0 Å². The lowest BCUT2D eigenvalue weighted by Crippen LogP contribution is -2.41. The summed E-state index contributed by atoms with van der Waals surface area (Å²) in [7, 11) is 0. The maximum Gasteiger partial charge on any atom is 0.254 e. The number of aromatic nitrogens is 2. The Morgan fingerprint density at radius 1 is 1.02 bits per heavy atom. The van der Waals surface area contributed by atoms with E-state index in [-0.39, 0.29) is 11.4 Å². The number of thioether (sulfide) groups is 1. The maximum absolute atomic E-state index is 14.7. The fourth-order valence-electron chi connectivity index (χ4n) is 4.98. The van der Waals surface area contributed by atoms with Crippen LogP contribution in [0, 0.1) is 11.6 Å². The molecule has 1 fully saturated rings. The van der Waals surface area contributed by atoms with Gasteiger partial charge in [-0.3, -0.25) is 14.3 Å². The molecule has 2 heterocycles. The molecular formula is C32H32Cl2F2N4O2S. The summed E-state index contributed by atoms with van der Waals surface area (Å²) < 4.78 is 35.9. The molecule has 0 atom stereocenters. The van der Waals surface area contributed by atoms with Crippen molar-refractivity contribution in [3.63, 3.8) is 0 Å². The summed E-state index contributed by atoms with van der Waals surface area (Å²) in [6.45, 7) is 8.20. The van der Waals surface area contributed by atoms with E-state index >= 15 is 0 Å². The van der Waals surface area contributed by atoms with Crippen molar-refractivity contribution in [2.45, 2.75) is 30.2 Å². The smallest absolute Gasteiger partial charge is 0.254 e. The second-order valence-corrected chi connectivity index (χ2v) is 12.6. The Bertz CT molecular complexity index is 1590. The summed E-state index contributed by atoms with van der Waals surface area (Å²) in [5.74, 6) is -0.934. The summed E-state index contributed by atoms with van der Waals surface area (Å²) in [4.78, 5) is 19.8. The number of benzene rings is 3. The Morgan fingerprint density at radius 3 is 2.49 bits per heavy atom. The quantitative estimate of drug-likeness (QED) is 0.186. The third-order valence-electron chi connectivity index (χ3n) is 7.56. The number of hydrogen-bond acceptors (Lipinski definition) is 5. The largest absolute Gasteiger partial charge is 0.379 e. The predicted octanol–water partition coefficient (Wildman–Crippen LogP) is 7.14.